The van der Waals surface area contributed by atoms with Crippen LogP contribution < -0.4 is 10.5 Å². The van der Waals surface area contributed by atoms with E-state index in [4.69, 9.17) is 10.5 Å². The monoisotopic (exact) mass is 305 g/mol. The third kappa shape index (κ3) is 5.83. The van der Waals surface area contributed by atoms with Gasteiger partial charge in [0, 0.05) is 5.69 Å². The number of halogens is 1. The summed E-state index contributed by atoms with van der Waals surface area (Å²) in [5, 5.41) is 8.32. The molecule has 21 heavy (non-hydrogen) atoms. The predicted octanol–water partition coefficient (Wildman–Crippen LogP) is 5.28. The van der Waals surface area contributed by atoms with Crippen molar-refractivity contribution in [2.24, 2.45) is 10.2 Å². The third-order valence-electron chi connectivity index (χ3n) is 2.78. The maximum Gasteiger partial charge on any atom is 0.119 e. The van der Waals surface area contributed by atoms with E-state index in [0.29, 0.717) is 0 Å². The first-order valence-corrected chi connectivity index (χ1v) is 6.78. The van der Waals surface area contributed by atoms with Crippen LogP contribution in [0, 0.1) is 0 Å². The number of nitrogen functional groups attached to an aromatic ring is 1. The Kier molecular flexibility index (Phi) is 7.26. The molecule has 0 fully saturated rings. The Hall–Kier alpha value is -2.07. The largest absolute Gasteiger partial charge is 0.494 e. The van der Waals surface area contributed by atoms with Gasteiger partial charge in [-0.3, -0.25) is 0 Å². The van der Waals surface area contributed by atoms with E-state index >= 15 is 0 Å². The minimum atomic E-state index is 0. The second-order valence-electron chi connectivity index (χ2n) is 4.49. The molecule has 2 aromatic rings. The summed E-state index contributed by atoms with van der Waals surface area (Å²) in [6.45, 7) is 2.90. The number of benzene rings is 2. The van der Waals surface area contributed by atoms with Crippen molar-refractivity contribution in [2.75, 3.05) is 12.3 Å². The summed E-state index contributed by atoms with van der Waals surface area (Å²) < 4.78 is 5.59. The number of ether oxygens (including phenoxy) is 1. The molecule has 112 valence electrons. The van der Waals surface area contributed by atoms with E-state index in [1.165, 1.54) is 0 Å². The lowest BCUT2D eigenvalue weighted by molar-refractivity contribution is 0.309. The Balaban J connectivity index is 0.00000220. The van der Waals surface area contributed by atoms with Crippen molar-refractivity contribution >= 4 is 29.5 Å². The number of unbranched alkanes of at least 4 members (excludes halogenated alkanes) is 1. The minimum absolute atomic E-state index is 0. The van der Waals surface area contributed by atoms with Crippen LogP contribution in [0.25, 0.3) is 0 Å². The maximum absolute atomic E-state index is 5.61. The highest BCUT2D eigenvalue weighted by Gasteiger charge is 1.95. The Morgan fingerprint density at radius 3 is 1.95 bits per heavy atom. The summed E-state index contributed by atoms with van der Waals surface area (Å²) in [6, 6.07) is 14.9. The summed E-state index contributed by atoms with van der Waals surface area (Å²) >= 11 is 0. The van der Waals surface area contributed by atoms with Crippen LogP contribution in [0.1, 0.15) is 19.8 Å². The molecule has 0 heterocycles. The fraction of sp³-hybridized carbons (Fsp3) is 0.250. The molecule has 0 aliphatic carbocycles. The number of hydrogen-bond acceptors (Lipinski definition) is 4. The van der Waals surface area contributed by atoms with Gasteiger partial charge in [-0.15, -0.1) is 12.4 Å². The number of azo groups is 1. The molecule has 0 atom stereocenters. The van der Waals surface area contributed by atoms with Crippen LogP contribution in [-0.2, 0) is 0 Å². The normalized spacial score (nSPS) is 10.3. The molecule has 0 saturated heterocycles. The Morgan fingerprint density at radius 2 is 1.43 bits per heavy atom. The molecule has 0 radical (unpaired) electrons. The van der Waals surface area contributed by atoms with Crippen LogP contribution in [0.3, 0.4) is 0 Å². The molecule has 0 saturated carbocycles. The SMILES string of the molecule is CCCCOc1ccc(N=Nc2ccc(N)cc2)cc1.Cl. The lowest BCUT2D eigenvalue weighted by Gasteiger charge is -2.04. The topological polar surface area (TPSA) is 60.0 Å². The van der Waals surface area contributed by atoms with Gasteiger partial charge >= 0.3 is 0 Å². The molecule has 0 aliphatic rings. The second-order valence-corrected chi connectivity index (χ2v) is 4.49. The van der Waals surface area contributed by atoms with Gasteiger partial charge in [-0.05, 0) is 55.0 Å². The number of hydrogen-bond donors (Lipinski definition) is 1. The Morgan fingerprint density at radius 1 is 0.905 bits per heavy atom. The highest BCUT2D eigenvalue weighted by atomic mass is 35.5. The lowest BCUT2D eigenvalue weighted by Crippen LogP contribution is -1.95. The van der Waals surface area contributed by atoms with Crippen molar-refractivity contribution < 1.29 is 4.74 Å². The summed E-state index contributed by atoms with van der Waals surface area (Å²) in [6.07, 6.45) is 2.20. The fourth-order valence-corrected chi connectivity index (χ4v) is 1.60. The molecular formula is C16H20ClN3O. The van der Waals surface area contributed by atoms with Gasteiger partial charge in [0.2, 0.25) is 0 Å². The predicted molar refractivity (Wildman–Crippen MR) is 89.1 cm³/mol. The van der Waals surface area contributed by atoms with E-state index in [1.54, 1.807) is 12.1 Å². The van der Waals surface area contributed by atoms with E-state index in [-0.39, 0.29) is 12.4 Å². The first-order valence-electron chi connectivity index (χ1n) is 6.78. The standard InChI is InChI=1S/C16H19N3O.ClH/c1-2-3-12-20-16-10-8-15(9-11-16)19-18-14-6-4-13(17)5-7-14;/h4-11H,2-3,12,17H2,1H3;1H. The van der Waals surface area contributed by atoms with Crippen molar-refractivity contribution in [2.45, 2.75) is 19.8 Å². The molecule has 0 aliphatic heterocycles. The molecular weight excluding hydrogens is 286 g/mol. The Bertz CT molecular complexity index is 553. The van der Waals surface area contributed by atoms with Gasteiger partial charge in [0.15, 0.2) is 0 Å². The molecule has 2 rings (SSSR count). The van der Waals surface area contributed by atoms with Gasteiger partial charge in [-0.25, -0.2) is 0 Å². The molecule has 0 amide bonds. The van der Waals surface area contributed by atoms with Crippen molar-refractivity contribution in [3.63, 3.8) is 0 Å². The van der Waals surface area contributed by atoms with E-state index in [1.807, 2.05) is 36.4 Å². The van der Waals surface area contributed by atoms with Gasteiger partial charge in [0.1, 0.15) is 5.75 Å². The van der Waals surface area contributed by atoms with Gasteiger partial charge in [0.05, 0.1) is 18.0 Å². The van der Waals surface area contributed by atoms with Crippen LogP contribution in [-0.4, -0.2) is 6.61 Å². The molecule has 2 aromatic carbocycles. The zero-order valence-electron chi connectivity index (χ0n) is 12.0. The second kappa shape index (κ2) is 8.97. The van der Waals surface area contributed by atoms with Gasteiger partial charge in [0.25, 0.3) is 0 Å². The number of rotatable bonds is 6. The van der Waals surface area contributed by atoms with E-state index < -0.39 is 0 Å². The van der Waals surface area contributed by atoms with Crippen LogP contribution >= 0.6 is 12.4 Å². The van der Waals surface area contributed by atoms with Crippen LogP contribution in [0.5, 0.6) is 5.75 Å². The van der Waals surface area contributed by atoms with Crippen molar-refractivity contribution in [3.8, 4) is 5.75 Å². The molecule has 4 nitrogen and oxygen atoms in total. The number of anilines is 1. The lowest BCUT2D eigenvalue weighted by atomic mass is 10.3. The quantitative estimate of drug-likeness (QED) is 0.448. The minimum Gasteiger partial charge on any atom is -0.494 e. The number of nitrogens with two attached hydrogens (primary N) is 1. The number of nitrogens with zero attached hydrogens (tertiary/aromatic N) is 2. The van der Waals surface area contributed by atoms with Crippen molar-refractivity contribution in [1.82, 2.24) is 0 Å². The van der Waals surface area contributed by atoms with Gasteiger partial charge in [-0.2, -0.15) is 10.2 Å². The zero-order chi connectivity index (χ0) is 14.2. The average Bonchev–Trinajstić information content (AvgIpc) is 2.48. The summed E-state index contributed by atoms with van der Waals surface area (Å²) in [7, 11) is 0. The highest BCUT2D eigenvalue weighted by Crippen LogP contribution is 2.21. The molecule has 2 N–H and O–H groups in total. The van der Waals surface area contributed by atoms with E-state index in [2.05, 4.69) is 17.2 Å². The van der Waals surface area contributed by atoms with Crippen molar-refractivity contribution in [1.29, 1.82) is 0 Å². The fourth-order valence-electron chi connectivity index (χ4n) is 1.60. The van der Waals surface area contributed by atoms with E-state index in [0.717, 1.165) is 42.3 Å². The van der Waals surface area contributed by atoms with E-state index in [9.17, 15) is 0 Å². The van der Waals surface area contributed by atoms with Crippen molar-refractivity contribution in [3.05, 3.63) is 48.5 Å². The van der Waals surface area contributed by atoms with Crippen LogP contribution in [0.4, 0.5) is 17.1 Å². The van der Waals surface area contributed by atoms with Gasteiger partial charge in [-0.1, -0.05) is 13.3 Å². The summed E-state index contributed by atoms with van der Waals surface area (Å²) in [5.41, 5.74) is 7.91. The third-order valence-corrected chi connectivity index (χ3v) is 2.78. The van der Waals surface area contributed by atoms with Crippen LogP contribution in [0.2, 0.25) is 0 Å². The first-order chi connectivity index (χ1) is 9.78. The highest BCUT2D eigenvalue weighted by molar-refractivity contribution is 5.85. The molecule has 0 unspecified atom stereocenters. The summed E-state index contributed by atoms with van der Waals surface area (Å²) in [5.74, 6) is 0.866. The zero-order valence-corrected chi connectivity index (χ0v) is 12.8. The summed E-state index contributed by atoms with van der Waals surface area (Å²) in [4.78, 5) is 0. The van der Waals surface area contributed by atoms with Gasteiger partial charge < -0.3 is 10.5 Å². The smallest absolute Gasteiger partial charge is 0.119 e. The Labute approximate surface area is 131 Å². The molecule has 0 spiro atoms. The average molecular weight is 306 g/mol. The first kappa shape index (κ1) is 17.0. The van der Waals surface area contributed by atoms with Crippen LogP contribution in [0.15, 0.2) is 58.8 Å². The molecule has 0 bridgehead atoms. The maximum atomic E-state index is 5.61. The molecule has 5 heteroatoms. The molecule has 0 aromatic heterocycles.